The van der Waals surface area contributed by atoms with Gasteiger partial charge in [-0.05, 0) is 22.4 Å². The summed E-state index contributed by atoms with van der Waals surface area (Å²) < 4.78 is 26.9. The number of aliphatic hydroxyl groups is 1. The summed E-state index contributed by atoms with van der Waals surface area (Å²) >= 11 is 2.94. The molecule has 0 amide bonds. The van der Waals surface area contributed by atoms with Crippen molar-refractivity contribution >= 4 is 31.9 Å². The van der Waals surface area contributed by atoms with Gasteiger partial charge in [0.15, 0.2) is 10.7 Å². The van der Waals surface area contributed by atoms with Crippen molar-refractivity contribution in [2.24, 2.45) is 7.05 Å². The van der Waals surface area contributed by atoms with Crippen LogP contribution in [-0.4, -0.2) is 52.2 Å². The first kappa shape index (κ1) is 15.0. The van der Waals surface area contributed by atoms with E-state index in [-0.39, 0.29) is 22.6 Å². The first-order valence-corrected chi connectivity index (χ1v) is 6.99. The number of rotatable bonds is 6. The molecule has 3 N–H and O–H groups in total. The zero-order valence-corrected chi connectivity index (χ0v) is 11.6. The van der Waals surface area contributed by atoms with E-state index in [0.29, 0.717) is 0 Å². The van der Waals surface area contributed by atoms with Crippen LogP contribution in [-0.2, 0) is 21.9 Å². The van der Waals surface area contributed by atoms with E-state index in [2.05, 4.69) is 31.0 Å². The van der Waals surface area contributed by atoms with Crippen molar-refractivity contribution in [2.45, 2.75) is 17.6 Å². The third-order valence-corrected chi connectivity index (χ3v) is 4.33. The van der Waals surface area contributed by atoms with E-state index in [1.165, 1.54) is 7.05 Å². The highest BCUT2D eigenvalue weighted by Gasteiger charge is 2.24. The van der Waals surface area contributed by atoms with Crippen molar-refractivity contribution in [1.82, 2.24) is 19.7 Å². The molecule has 11 heteroatoms. The molecule has 0 spiro atoms. The lowest BCUT2D eigenvalue weighted by Crippen LogP contribution is -2.31. The van der Waals surface area contributed by atoms with Gasteiger partial charge in [-0.2, -0.15) is 0 Å². The molecule has 0 aromatic carbocycles. The van der Waals surface area contributed by atoms with Crippen LogP contribution in [0.2, 0.25) is 0 Å². The van der Waals surface area contributed by atoms with E-state index in [9.17, 15) is 13.2 Å². The Kier molecular flexibility index (Phi) is 4.78. The van der Waals surface area contributed by atoms with Gasteiger partial charge in [0.2, 0.25) is 5.03 Å². The van der Waals surface area contributed by atoms with Crippen LogP contribution >= 0.6 is 15.9 Å². The maximum atomic E-state index is 11.8. The minimum atomic E-state index is -3.86. The third kappa shape index (κ3) is 3.48. The molecule has 1 aromatic heterocycles. The number of aliphatic hydroxyl groups excluding tert-OH is 1. The summed E-state index contributed by atoms with van der Waals surface area (Å²) in [5, 5.41) is 24.3. The fraction of sp³-hybridized carbons (Fsp3) is 0.571. The molecule has 0 aliphatic carbocycles. The molecular formula is C7H11BrN4O5S. The van der Waals surface area contributed by atoms with E-state index in [0.717, 1.165) is 4.68 Å². The van der Waals surface area contributed by atoms with Gasteiger partial charge in [0.25, 0.3) is 10.0 Å². The monoisotopic (exact) mass is 342 g/mol. The molecule has 0 saturated carbocycles. The Morgan fingerprint density at radius 1 is 1.61 bits per heavy atom. The topological polar surface area (TPSA) is 134 Å². The molecule has 1 atom stereocenters. The molecule has 9 nitrogen and oxygen atoms in total. The van der Waals surface area contributed by atoms with Crippen LogP contribution in [0.1, 0.15) is 6.42 Å². The van der Waals surface area contributed by atoms with Crippen LogP contribution in [0.15, 0.2) is 9.63 Å². The number of aromatic nitrogens is 3. The van der Waals surface area contributed by atoms with Crippen molar-refractivity contribution in [3.8, 4) is 0 Å². The number of carboxylic acid groups (broad SMARTS) is 1. The number of sulfonamides is 1. The van der Waals surface area contributed by atoms with Crippen molar-refractivity contribution in [2.75, 3.05) is 6.54 Å². The molecule has 18 heavy (non-hydrogen) atoms. The van der Waals surface area contributed by atoms with Gasteiger partial charge in [-0.15, -0.1) is 5.10 Å². The molecule has 1 rings (SSSR count). The average Bonchev–Trinajstić information content (AvgIpc) is 2.58. The maximum Gasteiger partial charge on any atom is 0.332 e. The van der Waals surface area contributed by atoms with Gasteiger partial charge in [0.05, 0.1) is 0 Å². The molecule has 0 aliphatic heterocycles. The van der Waals surface area contributed by atoms with Crippen LogP contribution in [0, 0.1) is 0 Å². The van der Waals surface area contributed by atoms with Gasteiger partial charge >= 0.3 is 5.97 Å². The molecule has 0 unspecified atom stereocenters. The lowest BCUT2D eigenvalue weighted by Gasteiger charge is -2.08. The molecule has 1 aromatic rings. The number of carbonyl (C=O) groups is 1. The predicted octanol–water partition coefficient (Wildman–Crippen LogP) is -1.31. The van der Waals surface area contributed by atoms with Crippen molar-refractivity contribution < 1.29 is 23.4 Å². The van der Waals surface area contributed by atoms with Gasteiger partial charge in [-0.3, -0.25) is 0 Å². The standard InChI is InChI=1S/C7H11BrN4O5S/c1-12-6(5(8)10-11-12)18(16,17)9-3-2-4(13)7(14)15/h4,9,13H,2-3H2,1H3,(H,14,15)/t4-/m0/s1. The Hall–Kier alpha value is -1.04. The summed E-state index contributed by atoms with van der Waals surface area (Å²) in [7, 11) is -2.46. The van der Waals surface area contributed by atoms with Crippen LogP contribution in [0.3, 0.4) is 0 Å². The molecule has 1 heterocycles. The number of hydrogen-bond acceptors (Lipinski definition) is 6. The predicted molar refractivity (Wildman–Crippen MR) is 62.2 cm³/mol. The van der Waals surface area contributed by atoms with E-state index in [4.69, 9.17) is 10.2 Å². The number of aliphatic carboxylic acids is 1. The van der Waals surface area contributed by atoms with Gasteiger partial charge in [-0.1, -0.05) is 5.21 Å². The van der Waals surface area contributed by atoms with E-state index >= 15 is 0 Å². The van der Waals surface area contributed by atoms with E-state index < -0.39 is 22.1 Å². The number of aryl methyl sites for hydroxylation is 1. The summed E-state index contributed by atoms with van der Waals surface area (Å²) in [6.45, 7) is -0.215. The first-order chi connectivity index (χ1) is 8.25. The number of hydrogen-bond donors (Lipinski definition) is 3. The lowest BCUT2D eigenvalue weighted by atomic mass is 10.3. The minimum absolute atomic E-state index is 0.0521. The van der Waals surface area contributed by atoms with Crippen molar-refractivity contribution in [3.05, 3.63) is 4.60 Å². The number of halogens is 1. The van der Waals surface area contributed by atoms with E-state index in [1.54, 1.807) is 0 Å². The highest BCUT2D eigenvalue weighted by atomic mass is 79.9. The second kappa shape index (κ2) is 5.73. The Balaban J connectivity index is 2.70. The Morgan fingerprint density at radius 3 is 2.67 bits per heavy atom. The van der Waals surface area contributed by atoms with Crippen LogP contribution in [0.25, 0.3) is 0 Å². The van der Waals surface area contributed by atoms with E-state index in [1.807, 2.05) is 0 Å². The average molecular weight is 343 g/mol. The summed E-state index contributed by atoms with van der Waals surface area (Å²) in [6.07, 6.45) is -1.85. The number of carboxylic acids is 1. The SMILES string of the molecule is Cn1nnc(Br)c1S(=O)(=O)NCC[C@H](O)C(=O)O. The summed E-state index contributed by atoms with van der Waals surface area (Å²) in [4.78, 5) is 10.3. The Morgan fingerprint density at radius 2 is 2.22 bits per heavy atom. The van der Waals surface area contributed by atoms with Crippen LogP contribution < -0.4 is 4.72 Å². The van der Waals surface area contributed by atoms with Crippen LogP contribution in [0.4, 0.5) is 0 Å². The minimum Gasteiger partial charge on any atom is -0.479 e. The molecule has 0 fully saturated rings. The van der Waals surface area contributed by atoms with Crippen LogP contribution in [0.5, 0.6) is 0 Å². The quantitative estimate of drug-likeness (QED) is 0.584. The highest BCUT2D eigenvalue weighted by molar-refractivity contribution is 9.10. The molecule has 102 valence electrons. The smallest absolute Gasteiger partial charge is 0.332 e. The zero-order valence-electron chi connectivity index (χ0n) is 9.24. The van der Waals surface area contributed by atoms with Gasteiger partial charge in [-0.25, -0.2) is 22.6 Å². The Bertz CT molecular complexity index is 523. The Labute approximate surface area is 111 Å². The lowest BCUT2D eigenvalue weighted by molar-refractivity contribution is -0.146. The zero-order chi connectivity index (χ0) is 13.9. The second-order valence-electron chi connectivity index (χ2n) is 3.35. The highest BCUT2D eigenvalue weighted by Crippen LogP contribution is 2.17. The third-order valence-electron chi connectivity index (χ3n) is 1.99. The molecule has 0 bridgehead atoms. The first-order valence-electron chi connectivity index (χ1n) is 4.71. The number of nitrogens with one attached hydrogen (secondary N) is 1. The van der Waals surface area contributed by atoms with Gasteiger partial charge < -0.3 is 10.2 Å². The second-order valence-corrected chi connectivity index (χ2v) is 5.78. The largest absolute Gasteiger partial charge is 0.479 e. The molecule has 0 aliphatic rings. The molecule has 0 saturated heterocycles. The molecular weight excluding hydrogens is 332 g/mol. The fourth-order valence-corrected chi connectivity index (χ4v) is 3.27. The molecule has 0 radical (unpaired) electrons. The van der Waals surface area contributed by atoms with Crippen molar-refractivity contribution in [1.29, 1.82) is 0 Å². The fourth-order valence-electron chi connectivity index (χ4n) is 1.13. The maximum absolute atomic E-state index is 11.8. The van der Waals surface area contributed by atoms with Gasteiger partial charge in [0, 0.05) is 13.6 Å². The number of nitrogens with zero attached hydrogens (tertiary/aromatic N) is 3. The summed E-state index contributed by atoms with van der Waals surface area (Å²) in [5.74, 6) is -1.41. The van der Waals surface area contributed by atoms with Gasteiger partial charge in [0.1, 0.15) is 0 Å². The normalized spacial score (nSPS) is 13.5. The summed E-state index contributed by atoms with van der Waals surface area (Å²) in [6, 6.07) is 0. The van der Waals surface area contributed by atoms with Crippen molar-refractivity contribution in [3.63, 3.8) is 0 Å². The summed E-state index contributed by atoms with van der Waals surface area (Å²) in [5.41, 5.74) is 0.